The van der Waals surface area contributed by atoms with Crippen molar-refractivity contribution in [2.75, 3.05) is 0 Å². The maximum atomic E-state index is 12.2. The van der Waals surface area contributed by atoms with Gasteiger partial charge in [-0.25, -0.2) is 0 Å². The van der Waals surface area contributed by atoms with E-state index < -0.39 is 6.36 Å². The Morgan fingerprint density at radius 2 is 1.47 bits per heavy atom. The summed E-state index contributed by atoms with van der Waals surface area (Å²) in [5, 5.41) is 0. The maximum absolute atomic E-state index is 12.2. The number of benzene rings is 2. The molecule has 0 spiro atoms. The lowest BCUT2D eigenvalue weighted by atomic mass is 9.96. The van der Waals surface area contributed by atoms with Crippen LogP contribution in [-0.2, 0) is 0 Å². The number of alkyl halides is 3. The van der Waals surface area contributed by atoms with E-state index in [1.165, 1.54) is 12.1 Å². The number of hydrogen-bond acceptors (Lipinski definition) is 1. The van der Waals surface area contributed by atoms with Gasteiger partial charge in [0.25, 0.3) is 0 Å². The number of halogens is 3. The fraction of sp³-hybridized carbons (Fsp3) is 0.200. The van der Waals surface area contributed by atoms with Crippen molar-refractivity contribution in [1.82, 2.24) is 0 Å². The van der Waals surface area contributed by atoms with Crippen LogP contribution in [0, 0.1) is 13.8 Å². The fourth-order valence-electron chi connectivity index (χ4n) is 1.96. The van der Waals surface area contributed by atoms with E-state index in [1.807, 2.05) is 38.1 Å². The minimum absolute atomic E-state index is 0.198. The molecule has 0 saturated carbocycles. The quantitative estimate of drug-likeness (QED) is 0.753. The number of ether oxygens (including phenoxy) is 1. The molecule has 0 unspecified atom stereocenters. The summed E-state index contributed by atoms with van der Waals surface area (Å²) in [5.74, 6) is -0.198. The third-order valence-corrected chi connectivity index (χ3v) is 2.88. The summed E-state index contributed by atoms with van der Waals surface area (Å²) in [5.41, 5.74) is 3.58. The Morgan fingerprint density at radius 3 is 2.11 bits per heavy atom. The van der Waals surface area contributed by atoms with Gasteiger partial charge in [0, 0.05) is 0 Å². The Labute approximate surface area is 109 Å². The molecular formula is C15H13F3O. The monoisotopic (exact) mass is 266 g/mol. The van der Waals surface area contributed by atoms with Crippen molar-refractivity contribution in [3.8, 4) is 16.9 Å². The van der Waals surface area contributed by atoms with E-state index in [-0.39, 0.29) is 5.75 Å². The van der Waals surface area contributed by atoms with Crippen molar-refractivity contribution in [3.63, 3.8) is 0 Å². The largest absolute Gasteiger partial charge is 0.573 e. The Hall–Kier alpha value is -1.97. The average Bonchev–Trinajstić information content (AvgIpc) is 2.31. The summed E-state index contributed by atoms with van der Waals surface area (Å²) in [6, 6.07) is 11.9. The Balaban J connectivity index is 2.46. The van der Waals surface area contributed by atoms with Gasteiger partial charge in [0.1, 0.15) is 5.75 Å². The average molecular weight is 266 g/mol. The minimum Gasteiger partial charge on any atom is -0.406 e. The van der Waals surface area contributed by atoms with Crippen LogP contribution in [0.25, 0.3) is 11.1 Å². The molecule has 19 heavy (non-hydrogen) atoms. The van der Waals surface area contributed by atoms with Crippen molar-refractivity contribution in [2.45, 2.75) is 20.2 Å². The highest BCUT2D eigenvalue weighted by atomic mass is 19.4. The number of aryl methyl sites for hydroxylation is 2. The second kappa shape index (κ2) is 4.96. The molecule has 2 aromatic rings. The first kappa shape index (κ1) is 13.5. The van der Waals surface area contributed by atoms with Crippen LogP contribution in [0.2, 0.25) is 0 Å². The molecule has 0 heterocycles. The zero-order chi connectivity index (χ0) is 14.0. The Bertz CT molecular complexity index is 588. The summed E-state index contributed by atoms with van der Waals surface area (Å²) >= 11 is 0. The highest BCUT2D eigenvalue weighted by Crippen LogP contribution is 2.32. The van der Waals surface area contributed by atoms with Crippen LogP contribution in [0.3, 0.4) is 0 Å². The number of hydrogen-bond donors (Lipinski definition) is 0. The topological polar surface area (TPSA) is 9.23 Å². The molecule has 0 amide bonds. The second-order valence-electron chi connectivity index (χ2n) is 4.34. The molecule has 100 valence electrons. The molecule has 0 aliphatic rings. The van der Waals surface area contributed by atoms with Crippen LogP contribution in [0.1, 0.15) is 11.1 Å². The normalized spacial score (nSPS) is 11.4. The van der Waals surface area contributed by atoms with Gasteiger partial charge >= 0.3 is 6.36 Å². The van der Waals surface area contributed by atoms with Crippen LogP contribution in [0.5, 0.6) is 5.75 Å². The van der Waals surface area contributed by atoms with E-state index in [2.05, 4.69) is 4.74 Å². The van der Waals surface area contributed by atoms with Gasteiger partial charge in [0.05, 0.1) is 0 Å². The molecule has 2 rings (SSSR count). The first-order valence-corrected chi connectivity index (χ1v) is 5.79. The van der Waals surface area contributed by atoms with Crippen LogP contribution >= 0.6 is 0 Å². The predicted molar refractivity (Wildman–Crippen MR) is 68.0 cm³/mol. The van der Waals surface area contributed by atoms with Gasteiger partial charge in [-0.3, -0.25) is 0 Å². The van der Waals surface area contributed by atoms with E-state index in [1.54, 1.807) is 6.07 Å². The molecule has 0 atom stereocenters. The standard InChI is InChI=1S/C15H13F3O/c1-10-5-3-4-6-13(10)14-9-12(8-7-11(14)2)19-15(16,17)18/h3-9H,1-2H3. The van der Waals surface area contributed by atoms with Gasteiger partial charge in [0.2, 0.25) is 0 Å². The van der Waals surface area contributed by atoms with Crippen LogP contribution in [-0.4, -0.2) is 6.36 Å². The molecule has 1 nitrogen and oxygen atoms in total. The predicted octanol–water partition coefficient (Wildman–Crippen LogP) is 4.87. The first-order valence-electron chi connectivity index (χ1n) is 5.79. The molecule has 0 aliphatic carbocycles. The smallest absolute Gasteiger partial charge is 0.406 e. The third kappa shape index (κ3) is 3.28. The number of rotatable bonds is 2. The van der Waals surface area contributed by atoms with Crippen molar-refractivity contribution < 1.29 is 17.9 Å². The molecule has 0 N–H and O–H groups in total. The van der Waals surface area contributed by atoms with Crippen molar-refractivity contribution in [2.24, 2.45) is 0 Å². The highest BCUT2D eigenvalue weighted by Gasteiger charge is 2.31. The minimum atomic E-state index is -4.67. The third-order valence-electron chi connectivity index (χ3n) is 2.88. The van der Waals surface area contributed by atoms with Gasteiger partial charge in [-0.15, -0.1) is 13.2 Å². The lowest BCUT2D eigenvalue weighted by molar-refractivity contribution is -0.274. The van der Waals surface area contributed by atoms with E-state index in [4.69, 9.17) is 0 Å². The Morgan fingerprint density at radius 1 is 0.842 bits per heavy atom. The molecule has 0 radical (unpaired) electrons. The van der Waals surface area contributed by atoms with Crippen LogP contribution in [0.4, 0.5) is 13.2 Å². The molecule has 0 bridgehead atoms. The van der Waals surface area contributed by atoms with Crippen molar-refractivity contribution in [3.05, 3.63) is 53.6 Å². The summed E-state index contributed by atoms with van der Waals surface area (Å²) < 4.78 is 40.7. The zero-order valence-electron chi connectivity index (χ0n) is 10.6. The van der Waals surface area contributed by atoms with Gasteiger partial charge in [-0.05, 0) is 48.2 Å². The van der Waals surface area contributed by atoms with Gasteiger partial charge in [-0.2, -0.15) is 0 Å². The molecule has 0 saturated heterocycles. The summed E-state index contributed by atoms with van der Waals surface area (Å²) in [6.45, 7) is 3.78. The van der Waals surface area contributed by atoms with Gasteiger partial charge in [0.15, 0.2) is 0 Å². The SMILES string of the molecule is Cc1ccccc1-c1cc(OC(F)(F)F)ccc1C. The molecule has 2 aromatic carbocycles. The van der Waals surface area contributed by atoms with Crippen molar-refractivity contribution in [1.29, 1.82) is 0 Å². The molecule has 0 aliphatic heterocycles. The Kier molecular flexibility index (Phi) is 3.51. The lowest BCUT2D eigenvalue weighted by Crippen LogP contribution is -2.17. The van der Waals surface area contributed by atoms with E-state index >= 15 is 0 Å². The molecular weight excluding hydrogens is 253 g/mol. The van der Waals surface area contributed by atoms with E-state index in [0.717, 1.165) is 22.3 Å². The van der Waals surface area contributed by atoms with Crippen LogP contribution in [0.15, 0.2) is 42.5 Å². The first-order chi connectivity index (χ1) is 8.87. The molecule has 0 aromatic heterocycles. The van der Waals surface area contributed by atoms with Gasteiger partial charge < -0.3 is 4.74 Å². The maximum Gasteiger partial charge on any atom is 0.573 e. The van der Waals surface area contributed by atoms with E-state index in [0.29, 0.717) is 0 Å². The van der Waals surface area contributed by atoms with Crippen LogP contribution < -0.4 is 4.74 Å². The summed E-state index contributed by atoms with van der Waals surface area (Å²) in [6.07, 6.45) is -4.67. The second-order valence-corrected chi connectivity index (χ2v) is 4.34. The van der Waals surface area contributed by atoms with Crippen molar-refractivity contribution >= 4 is 0 Å². The molecule has 0 fully saturated rings. The summed E-state index contributed by atoms with van der Waals surface area (Å²) in [4.78, 5) is 0. The summed E-state index contributed by atoms with van der Waals surface area (Å²) in [7, 11) is 0. The lowest BCUT2D eigenvalue weighted by Gasteiger charge is -2.13. The molecule has 4 heteroatoms. The highest BCUT2D eigenvalue weighted by molar-refractivity contribution is 5.71. The van der Waals surface area contributed by atoms with Gasteiger partial charge in [-0.1, -0.05) is 30.3 Å². The zero-order valence-corrected chi connectivity index (χ0v) is 10.6. The fourth-order valence-corrected chi connectivity index (χ4v) is 1.96. The van der Waals surface area contributed by atoms with E-state index in [9.17, 15) is 13.2 Å².